The fraction of sp³-hybridized carbons (Fsp3) is 0.242. The zero-order chi connectivity index (χ0) is 36.1. The molecule has 8 nitrogen and oxygen atoms in total. The fourth-order valence-corrected chi connectivity index (χ4v) is 7.24. The minimum Gasteiger partial charge on any atom is -0.460 e. The van der Waals surface area contributed by atoms with Gasteiger partial charge in [0.15, 0.2) is 0 Å². The zero-order valence-corrected chi connectivity index (χ0v) is 28.1. The van der Waals surface area contributed by atoms with Gasteiger partial charge < -0.3 is 24.3 Å². The summed E-state index contributed by atoms with van der Waals surface area (Å²) in [5, 5.41) is 0. The lowest BCUT2D eigenvalue weighted by Crippen LogP contribution is -2.40. The second-order valence-electron chi connectivity index (χ2n) is 11.4. The van der Waals surface area contributed by atoms with E-state index in [1.807, 2.05) is 12.1 Å². The molecule has 4 aromatic carbocycles. The highest BCUT2D eigenvalue weighted by Gasteiger charge is 2.53. The summed E-state index contributed by atoms with van der Waals surface area (Å²) in [4.78, 5) is 51.0. The third-order valence-electron chi connectivity index (χ3n) is 7.61. The Bertz CT molecular complexity index is 1840. The van der Waals surface area contributed by atoms with E-state index in [-0.39, 0.29) is 29.9 Å². The normalized spacial score (nSPS) is 13.9. The van der Waals surface area contributed by atoms with Crippen LogP contribution in [0.15, 0.2) is 103 Å². The van der Waals surface area contributed by atoms with Crippen LogP contribution in [0.4, 0.5) is 22.0 Å². The fourth-order valence-electron chi connectivity index (χ4n) is 5.03. The highest BCUT2D eigenvalue weighted by molar-refractivity contribution is 7.98. The lowest BCUT2D eigenvalue weighted by Gasteiger charge is -2.32. The van der Waals surface area contributed by atoms with Crippen LogP contribution in [0, 0.1) is 11.2 Å². The molecule has 0 amide bonds. The summed E-state index contributed by atoms with van der Waals surface area (Å²) < 4.78 is 102. The molecule has 1 unspecified atom stereocenters. The number of hydrogen-bond donors (Lipinski definition) is 4. The van der Waals surface area contributed by atoms with E-state index in [1.165, 1.54) is 11.8 Å². The Kier molecular flexibility index (Phi) is 12.0. The molecule has 0 saturated carbocycles. The van der Waals surface area contributed by atoms with Crippen LogP contribution < -0.4 is 0 Å². The van der Waals surface area contributed by atoms with Gasteiger partial charge in [0, 0.05) is 17.1 Å². The maximum atomic E-state index is 14.7. The van der Waals surface area contributed by atoms with Crippen LogP contribution in [0.3, 0.4) is 0 Å². The Morgan fingerprint density at radius 1 is 0.673 bits per heavy atom. The van der Waals surface area contributed by atoms with Gasteiger partial charge in [-0.1, -0.05) is 91.0 Å². The van der Waals surface area contributed by atoms with Crippen molar-refractivity contribution < 1.29 is 60.2 Å². The summed E-state index contributed by atoms with van der Waals surface area (Å²) in [6, 6.07) is 23.7. The van der Waals surface area contributed by atoms with E-state index in [1.54, 1.807) is 48.5 Å². The second kappa shape index (κ2) is 15.3. The number of halogens is 5. The first-order valence-electron chi connectivity index (χ1n) is 14.4. The average molecular weight is 745 g/mol. The molecule has 0 aliphatic heterocycles. The molecule has 0 fully saturated rings. The number of benzene rings is 4. The number of carbonyl (C=O) groups excluding carboxylic acids is 1. The molecule has 262 valence electrons. The van der Waals surface area contributed by atoms with Crippen molar-refractivity contribution >= 4 is 32.9 Å². The van der Waals surface area contributed by atoms with Crippen molar-refractivity contribution in [3.8, 4) is 0 Å². The summed E-state index contributed by atoms with van der Waals surface area (Å²) in [7, 11) is -12.1. The predicted octanol–water partition coefficient (Wildman–Crippen LogP) is 7.73. The van der Waals surface area contributed by atoms with Gasteiger partial charge >= 0.3 is 32.5 Å². The average Bonchev–Trinajstić information content (AvgIpc) is 3.04. The predicted molar refractivity (Wildman–Crippen MR) is 173 cm³/mol. The van der Waals surface area contributed by atoms with Gasteiger partial charge in [0.1, 0.15) is 12.4 Å². The van der Waals surface area contributed by atoms with Crippen LogP contribution in [0.2, 0.25) is 0 Å². The van der Waals surface area contributed by atoms with Gasteiger partial charge in [-0.25, -0.2) is 4.39 Å². The van der Waals surface area contributed by atoms with E-state index in [9.17, 15) is 45.7 Å². The van der Waals surface area contributed by atoms with Crippen molar-refractivity contribution in [1.82, 2.24) is 0 Å². The van der Waals surface area contributed by atoms with Crippen molar-refractivity contribution in [3.63, 3.8) is 0 Å². The Balaban J connectivity index is 1.80. The third kappa shape index (κ3) is 9.26. The first-order valence-corrected chi connectivity index (χ1v) is 18.8. The van der Waals surface area contributed by atoms with Crippen LogP contribution in [0.1, 0.15) is 33.4 Å². The quantitative estimate of drug-likeness (QED) is 0.0547. The summed E-state index contributed by atoms with van der Waals surface area (Å²) in [6.45, 7) is -0.205. The van der Waals surface area contributed by atoms with Gasteiger partial charge in [-0.2, -0.15) is 29.3 Å². The zero-order valence-electron chi connectivity index (χ0n) is 25.5. The maximum absolute atomic E-state index is 14.7. The van der Waals surface area contributed by atoms with Gasteiger partial charge in [-0.05, 0) is 47.2 Å². The van der Waals surface area contributed by atoms with Crippen LogP contribution in [-0.2, 0) is 55.2 Å². The molecule has 0 bridgehead atoms. The molecule has 0 aliphatic carbocycles. The lowest BCUT2D eigenvalue weighted by molar-refractivity contribution is -0.156. The largest absolute Gasteiger partial charge is 0.460 e. The molecule has 0 radical (unpaired) electrons. The van der Waals surface area contributed by atoms with E-state index < -0.39 is 61.3 Å². The molecular weight excluding hydrogens is 713 g/mol. The van der Waals surface area contributed by atoms with E-state index in [4.69, 9.17) is 14.5 Å². The molecule has 4 aromatic rings. The van der Waals surface area contributed by atoms with Crippen molar-refractivity contribution in [3.05, 3.63) is 142 Å². The van der Waals surface area contributed by atoms with Gasteiger partial charge in [0.25, 0.3) is 0 Å². The van der Waals surface area contributed by atoms with Crippen molar-refractivity contribution in [2.24, 2.45) is 5.41 Å². The highest BCUT2D eigenvalue weighted by atomic mass is 32.2. The first kappa shape index (κ1) is 38.5. The molecule has 0 aliphatic rings. The molecule has 16 heteroatoms. The number of hydrogen-bond acceptors (Lipinski definition) is 5. The standard InChI is InChI=1S/C33H31F5O8P2S/c34-29-16-13-26(17-28(29)33(37,38)48(43,44)45)19-31(22-49-21-25-9-5-2-6-10-25,30(39)46-20-24-7-3-1-4-8-24)18-23-11-14-27(15-12-23)32(35,36)47(40,41)42/h1-17H,18-22H2,(H2,40,41,42)(H2,43,44,45). The molecule has 1 atom stereocenters. The van der Waals surface area contributed by atoms with Crippen LogP contribution >= 0.6 is 27.0 Å². The van der Waals surface area contributed by atoms with Gasteiger partial charge in [0.05, 0.1) is 11.0 Å². The molecule has 4 rings (SSSR count). The first-order chi connectivity index (χ1) is 22.9. The van der Waals surface area contributed by atoms with Crippen LogP contribution in [0.5, 0.6) is 0 Å². The van der Waals surface area contributed by atoms with E-state index in [0.29, 0.717) is 23.4 Å². The summed E-state index contributed by atoms with van der Waals surface area (Å²) in [5.74, 6) is -2.12. The molecular formula is C33H31F5O8P2S. The number of carbonyl (C=O) groups is 1. The van der Waals surface area contributed by atoms with Crippen LogP contribution in [-0.4, -0.2) is 31.3 Å². The Hall–Kier alpha value is -3.35. The topological polar surface area (TPSA) is 141 Å². The second-order valence-corrected chi connectivity index (χ2v) is 15.6. The number of esters is 1. The highest BCUT2D eigenvalue weighted by Crippen LogP contribution is 2.60. The number of thioether (sulfide) groups is 1. The number of rotatable bonds is 15. The molecule has 0 aromatic heterocycles. The van der Waals surface area contributed by atoms with E-state index >= 15 is 0 Å². The maximum Gasteiger partial charge on any atom is 0.399 e. The van der Waals surface area contributed by atoms with E-state index in [0.717, 1.165) is 35.9 Å². The Morgan fingerprint density at radius 2 is 1.18 bits per heavy atom. The smallest absolute Gasteiger partial charge is 0.399 e. The molecule has 4 N–H and O–H groups in total. The third-order valence-corrected chi connectivity index (χ3v) is 10.9. The molecule has 49 heavy (non-hydrogen) atoms. The minimum atomic E-state index is -6.18. The van der Waals surface area contributed by atoms with E-state index in [2.05, 4.69) is 0 Å². The number of ether oxygens (including phenoxy) is 1. The minimum absolute atomic E-state index is 0.0580. The summed E-state index contributed by atoms with van der Waals surface area (Å²) >= 11 is 1.26. The van der Waals surface area contributed by atoms with Crippen molar-refractivity contribution in [1.29, 1.82) is 0 Å². The SMILES string of the molecule is O=C(OCc1ccccc1)C(CSCc1ccccc1)(Cc1ccc(C(F)(F)P(=O)(O)O)cc1)Cc1ccc(F)c(C(F)(F)P(=O)(O)O)c1. The number of alkyl halides is 4. The summed E-state index contributed by atoms with van der Waals surface area (Å²) in [6.07, 6.45) is -0.695. The van der Waals surface area contributed by atoms with Gasteiger partial charge in [0.2, 0.25) is 0 Å². The Morgan fingerprint density at radius 3 is 1.73 bits per heavy atom. The molecule has 0 spiro atoms. The summed E-state index contributed by atoms with van der Waals surface area (Å²) in [5.41, 5.74) is -12.0. The molecule has 0 saturated heterocycles. The molecule has 0 heterocycles. The van der Waals surface area contributed by atoms with Crippen LogP contribution in [0.25, 0.3) is 0 Å². The lowest BCUT2D eigenvalue weighted by atomic mass is 9.77. The monoisotopic (exact) mass is 744 g/mol. The van der Waals surface area contributed by atoms with Crippen molar-refractivity contribution in [2.45, 2.75) is 36.5 Å². The van der Waals surface area contributed by atoms with Crippen molar-refractivity contribution in [2.75, 3.05) is 5.75 Å². The van der Waals surface area contributed by atoms with Gasteiger partial charge in [-0.3, -0.25) is 13.9 Å². The Labute approximate surface area is 282 Å². The van der Waals surface area contributed by atoms with Gasteiger partial charge in [-0.15, -0.1) is 0 Å².